The molecule has 1 unspecified atom stereocenters. The molecule has 0 radical (unpaired) electrons. The number of hydrogen-bond donors (Lipinski definition) is 1. The predicted molar refractivity (Wildman–Crippen MR) is 152 cm³/mol. The molecule has 0 bridgehead atoms. The molecule has 0 saturated carbocycles. The van der Waals surface area contributed by atoms with Crippen LogP contribution in [0.1, 0.15) is 54.5 Å². The monoisotopic (exact) mass is 561 g/mol. The van der Waals surface area contributed by atoms with Crippen molar-refractivity contribution in [3.63, 3.8) is 0 Å². The summed E-state index contributed by atoms with van der Waals surface area (Å²) in [5.74, 6) is 2.19. The van der Waals surface area contributed by atoms with Gasteiger partial charge in [0.2, 0.25) is 0 Å². The van der Waals surface area contributed by atoms with E-state index in [2.05, 4.69) is 31.9 Å². The number of carbonyl (C=O) groups is 1. The van der Waals surface area contributed by atoms with E-state index in [-0.39, 0.29) is 11.9 Å². The Bertz CT molecular complexity index is 1380. The molecule has 0 aliphatic heterocycles. The molecule has 1 atom stereocenters. The number of rotatable bonds is 11. The average Bonchev–Trinajstić information content (AvgIpc) is 3.28. The molecule has 0 spiro atoms. The SMILES string of the molecule is C/C=C/c1ccc(OCCCCn2c(C(C)NC(=O)c3ccc(Br)cc3)nc3ccccc32)c(OC)c1. The maximum absolute atomic E-state index is 12.8. The Morgan fingerprint density at radius 1 is 1.08 bits per heavy atom. The van der Waals surface area contributed by atoms with Crippen molar-refractivity contribution in [2.45, 2.75) is 39.3 Å². The second-order valence-corrected chi connectivity index (χ2v) is 9.69. The van der Waals surface area contributed by atoms with Gasteiger partial charge in [-0.1, -0.05) is 46.3 Å². The van der Waals surface area contributed by atoms with Crippen LogP contribution in [-0.4, -0.2) is 29.2 Å². The van der Waals surface area contributed by atoms with E-state index in [1.165, 1.54) is 0 Å². The van der Waals surface area contributed by atoms with Crippen LogP contribution in [0.2, 0.25) is 0 Å². The summed E-state index contributed by atoms with van der Waals surface area (Å²) in [6.07, 6.45) is 5.79. The Hall–Kier alpha value is -3.58. The van der Waals surface area contributed by atoms with Crippen LogP contribution in [0, 0.1) is 0 Å². The number of nitrogens with zero attached hydrogens (tertiary/aromatic N) is 2. The molecule has 0 aliphatic carbocycles. The minimum Gasteiger partial charge on any atom is -0.493 e. The molecule has 1 N–H and O–H groups in total. The van der Waals surface area contributed by atoms with E-state index in [0.717, 1.165) is 57.8 Å². The number of aryl methyl sites for hydroxylation is 1. The first-order chi connectivity index (χ1) is 18.0. The first kappa shape index (κ1) is 26.5. The molecule has 4 aromatic rings. The van der Waals surface area contributed by atoms with E-state index in [1.807, 2.05) is 74.5 Å². The van der Waals surface area contributed by atoms with Crippen molar-refractivity contribution in [3.8, 4) is 11.5 Å². The molecule has 4 rings (SSSR count). The number of ether oxygens (including phenoxy) is 2. The highest BCUT2D eigenvalue weighted by molar-refractivity contribution is 9.10. The van der Waals surface area contributed by atoms with Crippen LogP contribution in [-0.2, 0) is 6.54 Å². The van der Waals surface area contributed by atoms with E-state index >= 15 is 0 Å². The van der Waals surface area contributed by atoms with Gasteiger partial charge in [0.05, 0.1) is 30.8 Å². The van der Waals surface area contributed by atoms with E-state index in [0.29, 0.717) is 12.2 Å². The quantitative estimate of drug-likeness (QED) is 0.197. The smallest absolute Gasteiger partial charge is 0.251 e. The van der Waals surface area contributed by atoms with Crippen molar-refractivity contribution in [1.82, 2.24) is 14.9 Å². The fraction of sp³-hybridized carbons (Fsp3) is 0.267. The van der Waals surface area contributed by atoms with Gasteiger partial charge in [-0.2, -0.15) is 0 Å². The fourth-order valence-electron chi connectivity index (χ4n) is 4.26. The van der Waals surface area contributed by atoms with Crippen LogP contribution in [0.25, 0.3) is 17.1 Å². The highest BCUT2D eigenvalue weighted by Crippen LogP contribution is 2.29. The normalized spacial score (nSPS) is 12.1. The van der Waals surface area contributed by atoms with Gasteiger partial charge < -0.3 is 19.4 Å². The number of nitrogens with one attached hydrogen (secondary N) is 1. The van der Waals surface area contributed by atoms with Crippen molar-refractivity contribution in [3.05, 3.63) is 94.2 Å². The molecule has 3 aromatic carbocycles. The van der Waals surface area contributed by atoms with Crippen LogP contribution < -0.4 is 14.8 Å². The molecular weight excluding hydrogens is 530 g/mol. The Labute approximate surface area is 226 Å². The van der Waals surface area contributed by atoms with Gasteiger partial charge in [0.25, 0.3) is 5.91 Å². The van der Waals surface area contributed by atoms with Crippen LogP contribution in [0.15, 0.2) is 77.3 Å². The van der Waals surface area contributed by atoms with Gasteiger partial charge in [0.1, 0.15) is 5.82 Å². The lowest BCUT2D eigenvalue weighted by Crippen LogP contribution is -2.28. The summed E-state index contributed by atoms with van der Waals surface area (Å²) >= 11 is 3.41. The highest BCUT2D eigenvalue weighted by Gasteiger charge is 2.19. The lowest BCUT2D eigenvalue weighted by molar-refractivity contribution is 0.0937. The van der Waals surface area contributed by atoms with Crippen molar-refractivity contribution in [2.24, 2.45) is 0 Å². The maximum atomic E-state index is 12.8. The first-order valence-electron chi connectivity index (χ1n) is 12.4. The molecule has 0 aliphatic rings. The van der Waals surface area contributed by atoms with Crippen molar-refractivity contribution in [2.75, 3.05) is 13.7 Å². The van der Waals surface area contributed by atoms with Crippen molar-refractivity contribution < 1.29 is 14.3 Å². The molecule has 7 heteroatoms. The van der Waals surface area contributed by atoms with E-state index in [4.69, 9.17) is 14.5 Å². The Balaban J connectivity index is 1.40. The number of fused-ring (bicyclic) bond motifs is 1. The third-order valence-corrected chi connectivity index (χ3v) is 6.63. The summed E-state index contributed by atoms with van der Waals surface area (Å²) in [4.78, 5) is 17.7. The predicted octanol–water partition coefficient (Wildman–Crippen LogP) is 7.19. The van der Waals surface area contributed by atoms with Crippen LogP contribution >= 0.6 is 15.9 Å². The molecule has 0 saturated heterocycles. The Morgan fingerprint density at radius 2 is 1.86 bits per heavy atom. The van der Waals surface area contributed by atoms with Crippen LogP contribution in [0.5, 0.6) is 11.5 Å². The third-order valence-electron chi connectivity index (χ3n) is 6.11. The van der Waals surface area contributed by atoms with E-state index in [9.17, 15) is 4.79 Å². The number of halogens is 1. The van der Waals surface area contributed by atoms with Gasteiger partial charge in [-0.3, -0.25) is 4.79 Å². The number of benzene rings is 3. The van der Waals surface area contributed by atoms with Gasteiger partial charge in [-0.25, -0.2) is 4.98 Å². The largest absolute Gasteiger partial charge is 0.493 e. The number of para-hydroxylation sites is 2. The maximum Gasteiger partial charge on any atom is 0.251 e. The third kappa shape index (κ3) is 6.60. The summed E-state index contributed by atoms with van der Waals surface area (Å²) in [6, 6.07) is 21.1. The topological polar surface area (TPSA) is 65.4 Å². The lowest BCUT2D eigenvalue weighted by Gasteiger charge is -2.17. The zero-order valence-corrected chi connectivity index (χ0v) is 23.0. The number of hydrogen-bond acceptors (Lipinski definition) is 4. The Kier molecular flexibility index (Phi) is 9.01. The standard InChI is InChI=1S/C30H32BrN3O3/c1-4-9-22-12-17-27(28(20-22)36-3)37-19-8-7-18-34-26-11-6-5-10-25(26)33-29(34)21(2)32-30(35)23-13-15-24(31)16-14-23/h4-6,9-17,20-21H,7-8,18-19H2,1-3H3,(H,32,35)/b9-4+. The molecule has 1 amide bonds. The summed E-state index contributed by atoms with van der Waals surface area (Å²) in [5.41, 5.74) is 3.67. The number of carbonyl (C=O) groups excluding carboxylic acids is 1. The van der Waals surface area contributed by atoms with Crippen molar-refractivity contribution >= 4 is 38.9 Å². The second-order valence-electron chi connectivity index (χ2n) is 8.78. The summed E-state index contributed by atoms with van der Waals surface area (Å²) < 4.78 is 14.7. The summed E-state index contributed by atoms with van der Waals surface area (Å²) in [5, 5.41) is 3.10. The number of imidazole rings is 1. The van der Waals surface area contributed by atoms with Crippen LogP contribution in [0.4, 0.5) is 0 Å². The lowest BCUT2D eigenvalue weighted by atomic mass is 10.2. The summed E-state index contributed by atoms with van der Waals surface area (Å²) in [7, 11) is 1.66. The number of amides is 1. The van der Waals surface area contributed by atoms with E-state index in [1.54, 1.807) is 19.2 Å². The van der Waals surface area contributed by atoms with Gasteiger partial charge >= 0.3 is 0 Å². The summed E-state index contributed by atoms with van der Waals surface area (Å²) in [6.45, 7) is 5.32. The molecule has 1 aromatic heterocycles. The molecular formula is C30H32BrN3O3. The molecule has 6 nitrogen and oxygen atoms in total. The first-order valence-corrected chi connectivity index (χ1v) is 13.2. The zero-order chi connectivity index (χ0) is 26.2. The number of aromatic nitrogens is 2. The second kappa shape index (κ2) is 12.6. The zero-order valence-electron chi connectivity index (χ0n) is 21.4. The van der Waals surface area contributed by atoms with Gasteiger partial charge in [-0.05, 0) is 80.8 Å². The molecule has 1 heterocycles. The Morgan fingerprint density at radius 3 is 2.62 bits per heavy atom. The number of unbranched alkanes of at least 4 members (excludes halogenated alkanes) is 1. The van der Waals surface area contributed by atoms with Gasteiger partial charge in [-0.15, -0.1) is 0 Å². The van der Waals surface area contributed by atoms with E-state index < -0.39 is 0 Å². The van der Waals surface area contributed by atoms with Crippen molar-refractivity contribution in [1.29, 1.82) is 0 Å². The molecule has 192 valence electrons. The molecule has 0 fully saturated rings. The fourth-order valence-corrected chi connectivity index (χ4v) is 4.52. The number of methoxy groups -OCH3 is 1. The average molecular weight is 563 g/mol. The van der Waals surface area contributed by atoms with Gasteiger partial charge in [0.15, 0.2) is 11.5 Å². The van der Waals surface area contributed by atoms with Gasteiger partial charge in [0, 0.05) is 16.6 Å². The number of allylic oxidation sites excluding steroid dienone is 1. The highest BCUT2D eigenvalue weighted by atomic mass is 79.9. The minimum atomic E-state index is -0.250. The minimum absolute atomic E-state index is 0.124. The molecule has 37 heavy (non-hydrogen) atoms. The van der Waals surface area contributed by atoms with Crippen LogP contribution in [0.3, 0.4) is 0 Å².